The number of rotatable bonds is 5. The molecule has 1 saturated heterocycles. The maximum atomic E-state index is 15.4. The average molecular weight is 467 g/mol. The Kier molecular flexibility index (Phi) is 6.07. The van der Waals surface area contributed by atoms with E-state index in [-0.39, 0.29) is 23.0 Å². The van der Waals surface area contributed by atoms with E-state index in [9.17, 15) is 4.79 Å². The Morgan fingerprint density at radius 1 is 1.09 bits per heavy atom. The fraction of sp³-hybridized carbons (Fsp3) is 0.500. The Hall–Kier alpha value is -3.27. The number of aromatic nitrogens is 4. The number of amides is 1. The second kappa shape index (κ2) is 9.17. The summed E-state index contributed by atoms with van der Waals surface area (Å²) in [6.45, 7) is 3.94. The van der Waals surface area contributed by atoms with Gasteiger partial charge in [0.1, 0.15) is 17.2 Å². The molecule has 1 saturated carbocycles. The largest absolute Gasteiger partial charge is 0.354 e. The van der Waals surface area contributed by atoms with Crippen LogP contribution in [0, 0.1) is 5.82 Å². The van der Waals surface area contributed by atoms with E-state index in [1.807, 2.05) is 12.1 Å². The Balaban J connectivity index is 1.44. The monoisotopic (exact) mass is 466 g/mol. The van der Waals surface area contributed by atoms with Crippen molar-refractivity contribution in [1.29, 1.82) is 0 Å². The summed E-state index contributed by atoms with van der Waals surface area (Å²) in [4.78, 5) is 32.4. The molecular weight excluding hydrogens is 435 g/mol. The second-order valence-corrected chi connectivity index (χ2v) is 9.42. The minimum Gasteiger partial charge on any atom is -0.354 e. The molecule has 3 aromatic rings. The number of fused-ring (bicyclic) bond motifs is 1. The van der Waals surface area contributed by atoms with E-state index in [1.165, 1.54) is 11.1 Å². The number of hydrogen-bond acceptors (Lipinski definition) is 7. The number of carbonyl (C=O) groups is 1. The zero-order valence-corrected chi connectivity index (χ0v) is 20.0. The highest BCUT2D eigenvalue weighted by molar-refractivity contribution is 5.98. The van der Waals surface area contributed by atoms with Crippen LogP contribution in [-0.4, -0.2) is 82.5 Å². The fourth-order valence-electron chi connectivity index (χ4n) is 4.85. The van der Waals surface area contributed by atoms with Gasteiger partial charge >= 0.3 is 0 Å². The smallest absolute Gasteiger partial charge is 0.273 e. The molecule has 34 heavy (non-hydrogen) atoms. The van der Waals surface area contributed by atoms with Crippen LogP contribution in [-0.2, 0) is 0 Å². The van der Waals surface area contributed by atoms with Crippen LogP contribution >= 0.6 is 0 Å². The van der Waals surface area contributed by atoms with E-state index >= 15 is 4.39 Å². The molecule has 180 valence electrons. The Bertz CT molecular complexity index is 1180. The minimum atomic E-state index is -0.551. The molecule has 10 heteroatoms. The highest BCUT2D eigenvalue weighted by atomic mass is 19.1. The molecule has 1 aliphatic carbocycles. The van der Waals surface area contributed by atoms with Crippen molar-refractivity contribution in [3.63, 3.8) is 0 Å². The van der Waals surface area contributed by atoms with Crippen LogP contribution in [0.3, 0.4) is 0 Å². The second-order valence-electron chi connectivity index (χ2n) is 9.42. The fourth-order valence-corrected chi connectivity index (χ4v) is 4.85. The van der Waals surface area contributed by atoms with Crippen LogP contribution in [0.2, 0.25) is 0 Å². The summed E-state index contributed by atoms with van der Waals surface area (Å²) in [5.41, 5.74) is 1.27. The zero-order chi connectivity index (χ0) is 23.8. The van der Waals surface area contributed by atoms with E-state index in [1.54, 1.807) is 24.9 Å². The standard InChI is InChI=1S/C24H31FN8O/c1-30(2)23(34)21-20(25)18-15-27-24(29-22(18)33(21)17-6-4-5-7-17)28-16-8-9-19(26-14-16)32-12-10-31(3)11-13-32/h8-9,14-15,17H,4-7,10-13H2,1-3H3,(H,27,28,29). The summed E-state index contributed by atoms with van der Waals surface area (Å²) in [5, 5.41) is 3.46. The number of halogens is 1. The van der Waals surface area contributed by atoms with Gasteiger partial charge in [0.25, 0.3) is 5.91 Å². The quantitative estimate of drug-likeness (QED) is 0.618. The highest BCUT2D eigenvalue weighted by Gasteiger charge is 2.31. The number of nitrogens with zero attached hydrogens (tertiary/aromatic N) is 7. The number of nitrogens with one attached hydrogen (secondary N) is 1. The lowest BCUT2D eigenvalue weighted by Gasteiger charge is -2.33. The van der Waals surface area contributed by atoms with Crippen molar-refractivity contribution in [2.75, 3.05) is 57.5 Å². The zero-order valence-electron chi connectivity index (χ0n) is 20.0. The van der Waals surface area contributed by atoms with Gasteiger partial charge in [0, 0.05) is 52.5 Å². The molecule has 0 bridgehead atoms. The van der Waals surface area contributed by atoms with Crippen LogP contribution in [0.15, 0.2) is 24.5 Å². The molecule has 5 rings (SSSR count). The molecular formula is C24H31FN8O. The van der Waals surface area contributed by atoms with Crippen molar-refractivity contribution in [1.82, 2.24) is 29.3 Å². The normalized spacial score (nSPS) is 17.5. The summed E-state index contributed by atoms with van der Waals surface area (Å²) in [6, 6.07) is 3.99. The van der Waals surface area contributed by atoms with Gasteiger partial charge in [-0.3, -0.25) is 4.79 Å². The van der Waals surface area contributed by atoms with Gasteiger partial charge < -0.3 is 24.6 Å². The summed E-state index contributed by atoms with van der Waals surface area (Å²) in [6.07, 6.45) is 7.15. The molecule has 1 aliphatic heterocycles. The van der Waals surface area contributed by atoms with Crippen molar-refractivity contribution < 1.29 is 9.18 Å². The molecule has 2 fully saturated rings. The molecule has 4 heterocycles. The van der Waals surface area contributed by atoms with E-state index in [2.05, 4.69) is 37.1 Å². The molecule has 0 spiro atoms. The van der Waals surface area contributed by atoms with Crippen LogP contribution in [0.25, 0.3) is 11.0 Å². The maximum Gasteiger partial charge on any atom is 0.273 e. The van der Waals surface area contributed by atoms with Crippen molar-refractivity contribution in [3.05, 3.63) is 36.0 Å². The third-order valence-corrected chi connectivity index (χ3v) is 6.81. The summed E-state index contributed by atoms with van der Waals surface area (Å²) in [7, 11) is 5.40. The molecule has 0 unspecified atom stereocenters. The van der Waals surface area contributed by atoms with E-state index in [0.29, 0.717) is 11.6 Å². The molecule has 9 nitrogen and oxygen atoms in total. The predicted octanol–water partition coefficient (Wildman–Crippen LogP) is 3.28. The molecule has 2 aliphatic rings. The Morgan fingerprint density at radius 2 is 1.82 bits per heavy atom. The molecule has 3 aromatic heterocycles. The van der Waals surface area contributed by atoms with E-state index in [4.69, 9.17) is 0 Å². The topological polar surface area (TPSA) is 82.4 Å². The van der Waals surface area contributed by atoms with Crippen molar-refractivity contribution in [2.24, 2.45) is 0 Å². The lowest BCUT2D eigenvalue weighted by molar-refractivity contribution is 0.0810. The SMILES string of the molecule is CN1CCN(c2ccc(Nc3ncc4c(F)c(C(=O)N(C)C)n(C5CCCC5)c4n3)cn2)CC1. The first-order valence-electron chi connectivity index (χ1n) is 11.9. The molecule has 0 aromatic carbocycles. The van der Waals surface area contributed by atoms with Gasteiger partial charge in [-0.2, -0.15) is 4.98 Å². The average Bonchev–Trinajstić information content (AvgIpc) is 3.46. The van der Waals surface area contributed by atoms with Gasteiger partial charge in [0.15, 0.2) is 5.82 Å². The van der Waals surface area contributed by atoms with Crippen LogP contribution < -0.4 is 10.2 Å². The molecule has 1 N–H and O–H groups in total. The van der Waals surface area contributed by atoms with E-state index in [0.717, 1.165) is 63.4 Å². The first-order valence-corrected chi connectivity index (χ1v) is 11.9. The van der Waals surface area contributed by atoms with Gasteiger partial charge in [-0.05, 0) is 32.0 Å². The van der Waals surface area contributed by atoms with Crippen LogP contribution in [0.1, 0.15) is 42.2 Å². The third kappa shape index (κ3) is 4.18. The lowest BCUT2D eigenvalue weighted by atomic mass is 10.2. The lowest BCUT2D eigenvalue weighted by Crippen LogP contribution is -2.44. The van der Waals surface area contributed by atoms with Gasteiger partial charge in [-0.1, -0.05) is 12.8 Å². The number of likely N-dealkylation sites (N-methyl/N-ethyl adjacent to an activating group) is 1. The maximum absolute atomic E-state index is 15.4. The van der Waals surface area contributed by atoms with Crippen molar-refractivity contribution >= 4 is 34.4 Å². The van der Waals surface area contributed by atoms with Crippen LogP contribution in [0.4, 0.5) is 21.8 Å². The van der Waals surface area contributed by atoms with Gasteiger partial charge in [-0.15, -0.1) is 0 Å². The van der Waals surface area contributed by atoms with Gasteiger partial charge in [0.05, 0.1) is 17.3 Å². The number of pyridine rings is 1. The Morgan fingerprint density at radius 3 is 2.47 bits per heavy atom. The summed E-state index contributed by atoms with van der Waals surface area (Å²) >= 11 is 0. The number of piperazine rings is 1. The van der Waals surface area contributed by atoms with Crippen LogP contribution in [0.5, 0.6) is 0 Å². The molecule has 0 radical (unpaired) electrons. The summed E-state index contributed by atoms with van der Waals surface area (Å²) in [5.74, 6) is 0.382. The number of anilines is 3. The first-order chi connectivity index (χ1) is 16.4. The molecule has 1 amide bonds. The molecule has 0 atom stereocenters. The van der Waals surface area contributed by atoms with Gasteiger partial charge in [0.2, 0.25) is 5.95 Å². The van der Waals surface area contributed by atoms with Crippen molar-refractivity contribution in [2.45, 2.75) is 31.7 Å². The summed E-state index contributed by atoms with van der Waals surface area (Å²) < 4.78 is 17.2. The van der Waals surface area contributed by atoms with E-state index < -0.39 is 5.82 Å². The predicted molar refractivity (Wildman–Crippen MR) is 130 cm³/mol. The highest BCUT2D eigenvalue weighted by Crippen LogP contribution is 2.36. The number of hydrogen-bond donors (Lipinski definition) is 1. The Labute approximate surface area is 198 Å². The number of carbonyl (C=O) groups excluding carboxylic acids is 1. The van der Waals surface area contributed by atoms with Crippen molar-refractivity contribution in [3.8, 4) is 0 Å². The third-order valence-electron chi connectivity index (χ3n) is 6.81. The first kappa shape index (κ1) is 22.5. The minimum absolute atomic E-state index is 0.0539. The van der Waals surface area contributed by atoms with Gasteiger partial charge in [-0.25, -0.2) is 14.4 Å².